The van der Waals surface area contributed by atoms with Crippen molar-refractivity contribution in [1.29, 1.82) is 0 Å². The zero-order chi connectivity index (χ0) is 13.0. The van der Waals surface area contributed by atoms with Crippen LogP contribution in [0.15, 0.2) is 24.0 Å². The fraction of sp³-hybridized carbons (Fsp3) is 0.462. The lowest BCUT2D eigenvalue weighted by atomic mass is 10.0. The van der Waals surface area contributed by atoms with Crippen LogP contribution in [0.5, 0.6) is 5.75 Å². The number of halogens is 1. The highest BCUT2D eigenvalue weighted by atomic mass is 35.5. The van der Waals surface area contributed by atoms with E-state index in [4.69, 9.17) is 26.2 Å². The van der Waals surface area contributed by atoms with E-state index in [2.05, 4.69) is 4.98 Å². The van der Waals surface area contributed by atoms with Crippen molar-refractivity contribution in [3.8, 4) is 5.75 Å². The Morgan fingerprint density at radius 3 is 3.17 bits per heavy atom. The third-order valence-electron chi connectivity index (χ3n) is 2.76. The molecule has 1 N–H and O–H groups in total. The summed E-state index contributed by atoms with van der Waals surface area (Å²) in [6.45, 7) is 3.36. The van der Waals surface area contributed by atoms with Crippen molar-refractivity contribution in [3.63, 3.8) is 0 Å². The maximum Gasteiger partial charge on any atom is 0.133 e. The maximum absolute atomic E-state index is 9.04. The van der Waals surface area contributed by atoms with Crippen LogP contribution in [0.1, 0.15) is 25.0 Å². The lowest BCUT2D eigenvalue weighted by Crippen LogP contribution is -2.03. The molecular weight excluding hydrogens is 254 g/mol. The Labute approximate surface area is 111 Å². The third-order valence-corrected chi connectivity index (χ3v) is 2.96. The zero-order valence-electron chi connectivity index (χ0n) is 10.2. The van der Waals surface area contributed by atoms with E-state index in [1.165, 1.54) is 0 Å². The molecule has 4 nitrogen and oxygen atoms in total. The number of aromatic nitrogens is 1. The van der Waals surface area contributed by atoms with Crippen LogP contribution in [0.3, 0.4) is 0 Å². The lowest BCUT2D eigenvalue weighted by molar-refractivity contribution is 0.193. The van der Waals surface area contributed by atoms with Crippen LogP contribution in [0.4, 0.5) is 0 Å². The van der Waals surface area contributed by atoms with Crippen LogP contribution in [0.2, 0.25) is 5.15 Å². The molecule has 0 spiro atoms. The first kappa shape index (κ1) is 13.2. The van der Waals surface area contributed by atoms with Gasteiger partial charge in [-0.1, -0.05) is 11.6 Å². The Morgan fingerprint density at radius 1 is 1.67 bits per heavy atom. The first-order chi connectivity index (χ1) is 8.65. The summed E-state index contributed by atoms with van der Waals surface area (Å²) in [6, 6.07) is 3.55. The van der Waals surface area contributed by atoms with Gasteiger partial charge in [0, 0.05) is 24.7 Å². The van der Waals surface area contributed by atoms with E-state index < -0.39 is 0 Å². The van der Waals surface area contributed by atoms with Gasteiger partial charge >= 0.3 is 0 Å². The Bertz CT molecular complexity index is 438. The summed E-state index contributed by atoms with van der Waals surface area (Å²) < 4.78 is 10.8. The first-order valence-electron chi connectivity index (χ1n) is 5.89. The molecule has 98 valence electrons. The Balaban J connectivity index is 2.08. The second kappa shape index (κ2) is 6.07. The van der Waals surface area contributed by atoms with E-state index in [1.807, 2.05) is 6.07 Å². The third kappa shape index (κ3) is 3.62. The second-order valence-electron chi connectivity index (χ2n) is 4.27. The van der Waals surface area contributed by atoms with E-state index in [1.54, 1.807) is 19.1 Å². The van der Waals surface area contributed by atoms with Crippen molar-refractivity contribution in [3.05, 3.63) is 34.8 Å². The van der Waals surface area contributed by atoms with Crippen LogP contribution in [-0.4, -0.2) is 29.9 Å². The molecule has 2 rings (SSSR count). The van der Waals surface area contributed by atoms with E-state index in [-0.39, 0.29) is 5.76 Å². The van der Waals surface area contributed by atoms with Crippen LogP contribution >= 0.6 is 11.6 Å². The summed E-state index contributed by atoms with van der Waals surface area (Å²) in [5, 5.41) is 9.45. The predicted molar refractivity (Wildman–Crippen MR) is 69.3 cm³/mol. The molecule has 0 bridgehead atoms. The summed E-state index contributed by atoms with van der Waals surface area (Å²) in [7, 11) is 0. The smallest absolute Gasteiger partial charge is 0.133 e. The number of ether oxygens (including phenoxy) is 2. The quantitative estimate of drug-likeness (QED) is 0.674. The molecule has 0 aliphatic carbocycles. The highest BCUT2D eigenvalue weighted by Crippen LogP contribution is 2.28. The summed E-state index contributed by atoms with van der Waals surface area (Å²) in [5.74, 6) is 1.19. The molecular formula is C13H16ClNO3. The van der Waals surface area contributed by atoms with Crippen molar-refractivity contribution in [2.24, 2.45) is 0 Å². The topological polar surface area (TPSA) is 51.6 Å². The molecule has 1 fully saturated rings. The SMILES string of the molecule is C/C(O)=C/COc1cc(Cl)nc(C2CCOC2)c1. The van der Waals surface area contributed by atoms with Crippen molar-refractivity contribution in [2.75, 3.05) is 19.8 Å². The van der Waals surface area contributed by atoms with Crippen molar-refractivity contribution in [1.82, 2.24) is 4.98 Å². The number of rotatable bonds is 4. The fourth-order valence-corrected chi connectivity index (χ4v) is 2.02. The molecule has 0 radical (unpaired) electrons. The summed E-state index contributed by atoms with van der Waals surface area (Å²) in [5.41, 5.74) is 0.903. The number of hydrogen-bond acceptors (Lipinski definition) is 4. The maximum atomic E-state index is 9.04. The molecule has 1 atom stereocenters. The van der Waals surface area contributed by atoms with Crippen LogP contribution in [0.25, 0.3) is 0 Å². The van der Waals surface area contributed by atoms with E-state index in [0.29, 0.717) is 30.0 Å². The molecule has 0 saturated carbocycles. The molecule has 18 heavy (non-hydrogen) atoms. The van der Waals surface area contributed by atoms with E-state index in [0.717, 1.165) is 18.7 Å². The molecule has 5 heteroatoms. The molecule has 0 amide bonds. The zero-order valence-corrected chi connectivity index (χ0v) is 11.0. The summed E-state index contributed by atoms with van der Waals surface area (Å²) in [4.78, 5) is 4.30. The average molecular weight is 270 g/mol. The standard InChI is InChI=1S/C13H16ClNO3/c1-9(16)2-5-18-11-6-12(15-13(14)7-11)10-3-4-17-8-10/h2,6-7,10,16H,3-5,8H2,1H3/b9-2-. The average Bonchev–Trinajstić information content (AvgIpc) is 2.81. The molecule has 1 aliphatic heterocycles. The number of aliphatic hydroxyl groups excluding tert-OH is 1. The Hall–Kier alpha value is -1.26. The van der Waals surface area contributed by atoms with Gasteiger partial charge in [-0.15, -0.1) is 0 Å². The first-order valence-corrected chi connectivity index (χ1v) is 6.26. The van der Waals surface area contributed by atoms with Crippen molar-refractivity contribution < 1.29 is 14.6 Å². The van der Waals surface area contributed by atoms with Gasteiger partial charge in [-0.2, -0.15) is 0 Å². The number of pyridine rings is 1. The van der Waals surface area contributed by atoms with Gasteiger partial charge in [0.25, 0.3) is 0 Å². The molecule has 0 aromatic carbocycles. The van der Waals surface area contributed by atoms with Crippen molar-refractivity contribution in [2.45, 2.75) is 19.3 Å². The summed E-state index contributed by atoms with van der Waals surface area (Å²) >= 11 is 5.97. The molecule has 2 heterocycles. The molecule has 1 aromatic heterocycles. The fourth-order valence-electron chi connectivity index (χ4n) is 1.81. The van der Waals surface area contributed by atoms with Crippen molar-refractivity contribution >= 4 is 11.6 Å². The van der Waals surface area contributed by atoms with E-state index in [9.17, 15) is 0 Å². The highest BCUT2D eigenvalue weighted by Gasteiger charge is 2.20. The largest absolute Gasteiger partial charge is 0.513 e. The minimum atomic E-state index is 0.236. The monoisotopic (exact) mass is 269 g/mol. The van der Waals surface area contributed by atoms with Gasteiger partial charge in [0.05, 0.1) is 18.1 Å². The van der Waals surface area contributed by atoms with Crippen LogP contribution in [-0.2, 0) is 4.74 Å². The number of nitrogens with zero attached hydrogens (tertiary/aromatic N) is 1. The molecule has 1 unspecified atom stereocenters. The minimum Gasteiger partial charge on any atom is -0.513 e. The normalized spacial score (nSPS) is 20.1. The highest BCUT2D eigenvalue weighted by molar-refractivity contribution is 6.29. The van der Waals surface area contributed by atoms with Gasteiger partial charge in [0.15, 0.2) is 0 Å². The number of aliphatic hydroxyl groups is 1. The molecule has 1 saturated heterocycles. The van der Waals surface area contributed by atoms with Crippen LogP contribution in [0, 0.1) is 0 Å². The minimum absolute atomic E-state index is 0.236. The number of allylic oxidation sites excluding steroid dienone is 1. The second-order valence-corrected chi connectivity index (χ2v) is 4.65. The lowest BCUT2D eigenvalue weighted by Gasteiger charge is -2.10. The Kier molecular flexibility index (Phi) is 4.44. The number of hydrogen-bond donors (Lipinski definition) is 1. The summed E-state index contributed by atoms with van der Waals surface area (Å²) in [6.07, 6.45) is 2.55. The van der Waals surface area contributed by atoms with E-state index >= 15 is 0 Å². The van der Waals surface area contributed by atoms with Gasteiger partial charge in [0.1, 0.15) is 17.5 Å². The van der Waals surface area contributed by atoms with Crippen LogP contribution < -0.4 is 4.74 Å². The Morgan fingerprint density at radius 2 is 2.50 bits per heavy atom. The van der Waals surface area contributed by atoms with Gasteiger partial charge in [-0.3, -0.25) is 0 Å². The predicted octanol–water partition coefficient (Wildman–Crippen LogP) is 3.08. The van der Waals surface area contributed by atoms with Gasteiger partial charge < -0.3 is 14.6 Å². The van der Waals surface area contributed by atoms with Gasteiger partial charge in [0.2, 0.25) is 0 Å². The van der Waals surface area contributed by atoms with Gasteiger partial charge in [-0.25, -0.2) is 4.98 Å². The molecule has 1 aromatic rings. The van der Waals surface area contributed by atoms with Gasteiger partial charge in [-0.05, 0) is 19.4 Å². The molecule has 1 aliphatic rings.